The van der Waals surface area contributed by atoms with Crippen LogP contribution in [0.15, 0.2) is 29.3 Å². The lowest BCUT2D eigenvalue weighted by Crippen LogP contribution is -2.42. The average Bonchev–Trinajstić information content (AvgIpc) is 2.49. The fraction of sp³-hybridized carbons (Fsp3) is 0.562. The number of aliphatic hydroxyl groups is 1. The van der Waals surface area contributed by atoms with E-state index in [4.69, 9.17) is 9.84 Å². The maximum Gasteiger partial charge on any atom is 0.191 e. The van der Waals surface area contributed by atoms with Crippen molar-refractivity contribution in [3.63, 3.8) is 0 Å². The Kier molecular flexibility index (Phi) is 8.28. The fourth-order valence-corrected chi connectivity index (χ4v) is 1.70. The van der Waals surface area contributed by atoms with Crippen molar-refractivity contribution >= 4 is 5.96 Å². The van der Waals surface area contributed by atoms with E-state index < -0.39 is 0 Å². The van der Waals surface area contributed by atoms with Gasteiger partial charge in [-0.25, -0.2) is 4.39 Å². The summed E-state index contributed by atoms with van der Waals surface area (Å²) >= 11 is 0. The van der Waals surface area contributed by atoms with E-state index >= 15 is 0 Å². The van der Waals surface area contributed by atoms with Gasteiger partial charge < -0.3 is 20.5 Å². The second-order valence-electron chi connectivity index (χ2n) is 5.27. The number of aliphatic hydroxyl groups excluding tert-OH is 1. The summed E-state index contributed by atoms with van der Waals surface area (Å²) in [4.78, 5) is 4.40. The SMILES string of the molecule is CCNC(=NCC(C)CO)NCC(C)Oc1cccc(F)c1. The molecule has 0 amide bonds. The molecule has 0 spiro atoms. The standard InChI is InChI=1S/C16H26FN3O2/c1-4-18-16(19-9-12(2)11-21)20-10-13(3)22-15-7-5-6-14(17)8-15/h5-8,12-13,21H,4,9-11H2,1-3H3,(H2,18,19,20). The van der Waals surface area contributed by atoms with Crippen LogP contribution in [0.3, 0.4) is 0 Å². The number of hydrogen-bond donors (Lipinski definition) is 3. The van der Waals surface area contributed by atoms with Gasteiger partial charge in [0.15, 0.2) is 5.96 Å². The minimum Gasteiger partial charge on any atom is -0.489 e. The molecule has 22 heavy (non-hydrogen) atoms. The van der Waals surface area contributed by atoms with Gasteiger partial charge in [-0.1, -0.05) is 13.0 Å². The molecule has 0 aliphatic rings. The molecule has 0 saturated carbocycles. The maximum atomic E-state index is 13.1. The first-order valence-corrected chi connectivity index (χ1v) is 7.60. The van der Waals surface area contributed by atoms with E-state index in [9.17, 15) is 4.39 Å². The van der Waals surface area contributed by atoms with E-state index in [1.165, 1.54) is 12.1 Å². The van der Waals surface area contributed by atoms with Crippen LogP contribution in [0.1, 0.15) is 20.8 Å². The van der Waals surface area contributed by atoms with E-state index in [1.54, 1.807) is 12.1 Å². The van der Waals surface area contributed by atoms with Gasteiger partial charge in [0.05, 0.1) is 6.54 Å². The first-order valence-electron chi connectivity index (χ1n) is 7.60. The zero-order chi connectivity index (χ0) is 16.4. The second-order valence-corrected chi connectivity index (χ2v) is 5.27. The Morgan fingerprint density at radius 2 is 2.14 bits per heavy atom. The highest BCUT2D eigenvalue weighted by Gasteiger charge is 2.07. The summed E-state index contributed by atoms with van der Waals surface area (Å²) in [7, 11) is 0. The molecule has 1 aromatic rings. The molecule has 0 heterocycles. The molecule has 1 rings (SSSR count). The van der Waals surface area contributed by atoms with Crippen LogP contribution in [-0.2, 0) is 0 Å². The lowest BCUT2D eigenvalue weighted by atomic mass is 10.2. The summed E-state index contributed by atoms with van der Waals surface area (Å²) in [6, 6.07) is 6.08. The van der Waals surface area contributed by atoms with E-state index in [0.717, 1.165) is 6.54 Å². The summed E-state index contributed by atoms with van der Waals surface area (Å²) in [6.07, 6.45) is -0.138. The van der Waals surface area contributed by atoms with Gasteiger partial charge in [0.1, 0.15) is 17.7 Å². The monoisotopic (exact) mass is 311 g/mol. The molecule has 0 bridgehead atoms. The van der Waals surface area contributed by atoms with Crippen LogP contribution >= 0.6 is 0 Å². The molecule has 1 aromatic carbocycles. The van der Waals surface area contributed by atoms with Crippen LogP contribution in [0.4, 0.5) is 4.39 Å². The number of nitrogens with zero attached hydrogens (tertiary/aromatic N) is 1. The highest BCUT2D eigenvalue weighted by molar-refractivity contribution is 5.79. The number of benzene rings is 1. The van der Waals surface area contributed by atoms with Crippen molar-refractivity contribution in [3.8, 4) is 5.75 Å². The fourth-order valence-electron chi connectivity index (χ4n) is 1.70. The largest absolute Gasteiger partial charge is 0.489 e. The Balaban J connectivity index is 2.46. The molecule has 6 heteroatoms. The molecular weight excluding hydrogens is 285 g/mol. The highest BCUT2D eigenvalue weighted by Crippen LogP contribution is 2.13. The minimum atomic E-state index is -0.314. The van der Waals surface area contributed by atoms with Gasteiger partial charge in [0, 0.05) is 25.8 Å². The molecule has 0 aliphatic carbocycles. The Hall–Kier alpha value is -1.82. The van der Waals surface area contributed by atoms with Crippen molar-refractivity contribution in [2.45, 2.75) is 26.9 Å². The third-order valence-corrected chi connectivity index (χ3v) is 2.91. The number of hydrogen-bond acceptors (Lipinski definition) is 3. The molecule has 0 saturated heterocycles. The summed E-state index contributed by atoms with van der Waals surface area (Å²) in [5.74, 6) is 0.990. The van der Waals surface area contributed by atoms with Crippen molar-refractivity contribution < 1.29 is 14.2 Å². The van der Waals surface area contributed by atoms with Crippen molar-refractivity contribution in [1.29, 1.82) is 0 Å². The highest BCUT2D eigenvalue weighted by atomic mass is 19.1. The molecule has 0 aromatic heterocycles. The maximum absolute atomic E-state index is 13.1. The third kappa shape index (κ3) is 7.26. The smallest absolute Gasteiger partial charge is 0.191 e. The lowest BCUT2D eigenvalue weighted by Gasteiger charge is -2.18. The molecule has 2 atom stereocenters. The zero-order valence-corrected chi connectivity index (χ0v) is 13.5. The van der Waals surface area contributed by atoms with E-state index in [2.05, 4.69) is 15.6 Å². The van der Waals surface area contributed by atoms with Crippen LogP contribution in [0.2, 0.25) is 0 Å². The van der Waals surface area contributed by atoms with Crippen molar-refractivity contribution in [1.82, 2.24) is 10.6 Å². The van der Waals surface area contributed by atoms with Crippen LogP contribution < -0.4 is 15.4 Å². The van der Waals surface area contributed by atoms with Crippen molar-refractivity contribution in [2.24, 2.45) is 10.9 Å². The predicted molar refractivity (Wildman–Crippen MR) is 86.7 cm³/mol. The molecular formula is C16H26FN3O2. The summed E-state index contributed by atoms with van der Waals surface area (Å²) < 4.78 is 18.7. The van der Waals surface area contributed by atoms with Gasteiger partial charge in [-0.3, -0.25) is 4.99 Å². The minimum absolute atomic E-state index is 0.113. The van der Waals surface area contributed by atoms with Crippen LogP contribution in [0.5, 0.6) is 5.75 Å². The quantitative estimate of drug-likeness (QED) is 0.506. The van der Waals surface area contributed by atoms with Gasteiger partial charge in [-0.15, -0.1) is 0 Å². The van der Waals surface area contributed by atoms with Gasteiger partial charge in [0.2, 0.25) is 0 Å². The number of nitrogens with one attached hydrogen (secondary N) is 2. The Morgan fingerprint density at radius 3 is 2.77 bits per heavy atom. The lowest BCUT2D eigenvalue weighted by molar-refractivity contribution is 0.222. The molecule has 0 radical (unpaired) electrons. The normalized spacial score (nSPS) is 14.3. The molecule has 124 valence electrons. The molecule has 0 fully saturated rings. The van der Waals surface area contributed by atoms with Gasteiger partial charge in [-0.05, 0) is 31.9 Å². The summed E-state index contributed by atoms with van der Waals surface area (Å²) in [6.45, 7) is 7.77. The summed E-state index contributed by atoms with van der Waals surface area (Å²) in [5, 5.41) is 15.3. The Morgan fingerprint density at radius 1 is 1.36 bits per heavy atom. The van der Waals surface area contributed by atoms with Gasteiger partial charge >= 0.3 is 0 Å². The number of aliphatic imine (C=N–C) groups is 1. The molecule has 3 N–H and O–H groups in total. The predicted octanol–water partition coefficient (Wildman–Crippen LogP) is 1.78. The van der Waals surface area contributed by atoms with Crippen molar-refractivity contribution in [3.05, 3.63) is 30.1 Å². The zero-order valence-electron chi connectivity index (χ0n) is 13.5. The van der Waals surface area contributed by atoms with Crippen LogP contribution in [-0.4, -0.2) is 43.4 Å². The number of halogens is 1. The Bertz CT molecular complexity index is 468. The Labute approximate surface area is 131 Å². The molecule has 0 aliphatic heterocycles. The van der Waals surface area contributed by atoms with Gasteiger partial charge in [0.25, 0.3) is 0 Å². The van der Waals surface area contributed by atoms with Gasteiger partial charge in [-0.2, -0.15) is 0 Å². The van der Waals surface area contributed by atoms with Crippen molar-refractivity contribution in [2.75, 3.05) is 26.2 Å². The number of guanidine groups is 1. The van der Waals surface area contributed by atoms with Crippen LogP contribution in [0.25, 0.3) is 0 Å². The molecule has 5 nitrogen and oxygen atoms in total. The number of ether oxygens (including phenoxy) is 1. The summed E-state index contributed by atoms with van der Waals surface area (Å²) in [5.41, 5.74) is 0. The first kappa shape index (κ1) is 18.2. The average molecular weight is 311 g/mol. The second kappa shape index (κ2) is 10.00. The van der Waals surface area contributed by atoms with E-state index in [1.807, 2.05) is 20.8 Å². The van der Waals surface area contributed by atoms with E-state index in [-0.39, 0.29) is 24.4 Å². The number of rotatable bonds is 8. The topological polar surface area (TPSA) is 65.9 Å². The van der Waals surface area contributed by atoms with Crippen LogP contribution in [0, 0.1) is 11.7 Å². The molecule has 2 unspecified atom stereocenters. The van der Waals surface area contributed by atoms with E-state index in [0.29, 0.717) is 24.8 Å². The third-order valence-electron chi connectivity index (χ3n) is 2.91. The first-order chi connectivity index (χ1) is 10.5.